The molecule has 110 valence electrons. The van der Waals surface area contributed by atoms with Gasteiger partial charge in [-0.3, -0.25) is 0 Å². The molecule has 1 aromatic rings. The van der Waals surface area contributed by atoms with Crippen molar-refractivity contribution in [1.29, 1.82) is 0 Å². The number of fused-ring (bicyclic) bond motifs is 1. The standard InChI is InChI=1S/C14H19NO4S/c15-14-11-5-1-2-6-12(11)19-8-13(14)20(16,17)9-10-4-3-7-18-10/h1-2,5-6,10,13-14H,3-4,7-9,15H2. The minimum absolute atomic E-state index is 0.0386. The SMILES string of the molecule is NC1c2ccccc2OCC1S(=O)(=O)CC1CCCO1. The Morgan fingerprint density at radius 3 is 2.85 bits per heavy atom. The molecule has 3 rings (SSSR count). The Labute approximate surface area is 119 Å². The van der Waals surface area contributed by atoms with Crippen molar-refractivity contribution in [3.63, 3.8) is 0 Å². The second-order valence-corrected chi connectivity index (χ2v) is 7.64. The van der Waals surface area contributed by atoms with Crippen LogP contribution in [0.3, 0.4) is 0 Å². The van der Waals surface area contributed by atoms with Crippen molar-refractivity contribution in [3.05, 3.63) is 29.8 Å². The summed E-state index contributed by atoms with van der Waals surface area (Å²) in [4.78, 5) is 0. The van der Waals surface area contributed by atoms with E-state index in [1.165, 1.54) is 0 Å². The predicted octanol–water partition coefficient (Wildman–Crippen LogP) is 1.04. The van der Waals surface area contributed by atoms with E-state index in [0.29, 0.717) is 12.4 Å². The van der Waals surface area contributed by atoms with Gasteiger partial charge in [-0.2, -0.15) is 0 Å². The van der Waals surface area contributed by atoms with Gasteiger partial charge >= 0.3 is 0 Å². The third kappa shape index (κ3) is 2.55. The number of sulfone groups is 1. The molecule has 1 fully saturated rings. The maximum atomic E-state index is 12.5. The van der Waals surface area contributed by atoms with E-state index in [2.05, 4.69) is 0 Å². The molecule has 0 radical (unpaired) electrons. The molecule has 0 amide bonds. The second kappa shape index (κ2) is 5.35. The Morgan fingerprint density at radius 1 is 1.30 bits per heavy atom. The Morgan fingerprint density at radius 2 is 2.10 bits per heavy atom. The molecule has 5 nitrogen and oxygen atoms in total. The van der Waals surface area contributed by atoms with Crippen molar-refractivity contribution < 1.29 is 17.9 Å². The summed E-state index contributed by atoms with van der Waals surface area (Å²) in [6.07, 6.45) is 1.54. The Bertz CT molecular complexity index is 581. The van der Waals surface area contributed by atoms with Crippen LogP contribution in [0.1, 0.15) is 24.4 Å². The Kier molecular flexibility index (Phi) is 3.70. The number of benzene rings is 1. The molecule has 20 heavy (non-hydrogen) atoms. The third-order valence-corrected chi connectivity index (χ3v) is 6.17. The average Bonchev–Trinajstić information content (AvgIpc) is 2.91. The van der Waals surface area contributed by atoms with Gasteiger partial charge in [-0.05, 0) is 18.9 Å². The van der Waals surface area contributed by atoms with Gasteiger partial charge in [0.25, 0.3) is 0 Å². The molecule has 2 N–H and O–H groups in total. The van der Waals surface area contributed by atoms with E-state index in [0.717, 1.165) is 18.4 Å². The number of hydrogen-bond acceptors (Lipinski definition) is 5. The molecule has 0 bridgehead atoms. The fourth-order valence-corrected chi connectivity index (χ4v) is 4.75. The topological polar surface area (TPSA) is 78.6 Å². The molecule has 1 saturated heterocycles. The molecule has 0 aromatic heterocycles. The van der Waals surface area contributed by atoms with Crippen LogP contribution >= 0.6 is 0 Å². The Hall–Kier alpha value is -1.11. The van der Waals surface area contributed by atoms with Crippen molar-refractivity contribution in [1.82, 2.24) is 0 Å². The lowest BCUT2D eigenvalue weighted by molar-refractivity contribution is 0.127. The molecular formula is C14H19NO4S. The van der Waals surface area contributed by atoms with Crippen LogP contribution in [0.2, 0.25) is 0 Å². The molecule has 6 heteroatoms. The lowest BCUT2D eigenvalue weighted by Crippen LogP contribution is -2.44. The zero-order valence-electron chi connectivity index (χ0n) is 11.2. The van der Waals surface area contributed by atoms with E-state index in [1.54, 1.807) is 0 Å². The van der Waals surface area contributed by atoms with E-state index < -0.39 is 21.1 Å². The number of para-hydroxylation sites is 1. The fraction of sp³-hybridized carbons (Fsp3) is 0.571. The first kappa shape index (κ1) is 13.9. The molecule has 0 spiro atoms. The zero-order chi connectivity index (χ0) is 14.2. The molecule has 2 aliphatic rings. The summed E-state index contributed by atoms with van der Waals surface area (Å²) in [5.74, 6) is 0.722. The zero-order valence-corrected chi connectivity index (χ0v) is 12.0. The van der Waals surface area contributed by atoms with Crippen LogP contribution in [0.25, 0.3) is 0 Å². The summed E-state index contributed by atoms with van der Waals surface area (Å²) in [5, 5.41) is -0.693. The molecule has 2 aliphatic heterocycles. The second-order valence-electron chi connectivity index (χ2n) is 5.38. The van der Waals surface area contributed by atoms with Crippen LogP contribution in [0.15, 0.2) is 24.3 Å². The van der Waals surface area contributed by atoms with E-state index >= 15 is 0 Å². The lowest BCUT2D eigenvalue weighted by Gasteiger charge is -2.31. The maximum Gasteiger partial charge on any atom is 0.160 e. The van der Waals surface area contributed by atoms with Crippen molar-refractivity contribution >= 4 is 9.84 Å². The van der Waals surface area contributed by atoms with Crippen molar-refractivity contribution in [3.8, 4) is 5.75 Å². The molecule has 3 unspecified atom stereocenters. The highest BCUT2D eigenvalue weighted by Crippen LogP contribution is 2.34. The maximum absolute atomic E-state index is 12.5. The van der Waals surface area contributed by atoms with E-state index in [1.807, 2.05) is 24.3 Å². The summed E-state index contributed by atoms with van der Waals surface area (Å²) in [5.41, 5.74) is 6.91. The van der Waals surface area contributed by atoms with Crippen LogP contribution < -0.4 is 10.5 Å². The average molecular weight is 297 g/mol. The smallest absolute Gasteiger partial charge is 0.160 e. The highest BCUT2D eigenvalue weighted by Gasteiger charge is 2.39. The highest BCUT2D eigenvalue weighted by atomic mass is 32.2. The van der Waals surface area contributed by atoms with Gasteiger partial charge in [0.15, 0.2) is 9.84 Å². The van der Waals surface area contributed by atoms with Gasteiger partial charge in [-0.25, -0.2) is 8.42 Å². The predicted molar refractivity (Wildman–Crippen MR) is 75.4 cm³/mol. The van der Waals surface area contributed by atoms with Crippen LogP contribution in [0, 0.1) is 0 Å². The summed E-state index contributed by atoms with van der Waals surface area (Å²) >= 11 is 0. The number of rotatable bonds is 3. The lowest BCUT2D eigenvalue weighted by atomic mass is 10.0. The fourth-order valence-electron chi connectivity index (χ4n) is 2.85. The van der Waals surface area contributed by atoms with Gasteiger partial charge in [-0.1, -0.05) is 18.2 Å². The summed E-state index contributed by atoms with van der Waals surface area (Å²) in [6.45, 7) is 0.767. The third-order valence-electron chi connectivity index (χ3n) is 3.99. The first-order chi connectivity index (χ1) is 9.58. The number of ether oxygens (including phenoxy) is 2. The molecular weight excluding hydrogens is 278 g/mol. The van der Waals surface area contributed by atoms with Crippen LogP contribution in [0.4, 0.5) is 0 Å². The van der Waals surface area contributed by atoms with Crippen LogP contribution in [0.5, 0.6) is 5.75 Å². The van der Waals surface area contributed by atoms with Crippen LogP contribution in [-0.4, -0.2) is 38.7 Å². The van der Waals surface area contributed by atoms with Gasteiger partial charge < -0.3 is 15.2 Å². The Balaban J connectivity index is 1.80. The largest absolute Gasteiger partial charge is 0.492 e. The molecule has 1 aromatic carbocycles. The monoisotopic (exact) mass is 297 g/mol. The normalized spacial score (nSPS) is 29.8. The van der Waals surface area contributed by atoms with Gasteiger partial charge in [-0.15, -0.1) is 0 Å². The molecule has 2 heterocycles. The van der Waals surface area contributed by atoms with Gasteiger partial charge in [0.1, 0.15) is 17.6 Å². The highest BCUT2D eigenvalue weighted by molar-refractivity contribution is 7.92. The number of hydrogen-bond donors (Lipinski definition) is 1. The van der Waals surface area contributed by atoms with Gasteiger partial charge in [0, 0.05) is 12.2 Å². The molecule has 0 saturated carbocycles. The summed E-state index contributed by atoms with van der Waals surface area (Å²) in [6, 6.07) is 6.81. The minimum atomic E-state index is -3.33. The van der Waals surface area contributed by atoms with Crippen LogP contribution in [-0.2, 0) is 14.6 Å². The van der Waals surface area contributed by atoms with Crippen molar-refractivity contribution in [2.45, 2.75) is 30.2 Å². The molecule has 3 atom stereocenters. The quantitative estimate of drug-likeness (QED) is 0.902. The van der Waals surface area contributed by atoms with E-state index in [9.17, 15) is 8.42 Å². The first-order valence-corrected chi connectivity index (χ1v) is 8.60. The van der Waals surface area contributed by atoms with Gasteiger partial charge in [0.05, 0.1) is 17.9 Å². The van der Waals surface area contributed by atoms with Crippen molar-refractivity contribution in [2.75, 3.05) is 19.0 Å². The van der Waals surface area contributed by atoms with E-state index in [-0.39, 0.29) is 18.5 Å². The van der Waals surface area contributed by atoms with E-state index in [4.69, 9.17) is 15.2 Å². The number of nitrogens with two attached hydrogens (primary N) is 1. The minimum Gasteiger partial charge on any atom is -0.492 e. The van der Waals surface area contributed by atoms with Crippen molar-refractivity contribution in [2.24, 2.45) is 5.73 Å². The summed E-state index contributed by atoms with van der Waals surface area (Å²) in [7, 11) is -3.33. The van der Waals surface area contributed by atoms with Gasteiger partial charge in [0.2, 0.25) is 0 Å². The summed E-state index contributed by atoms with van der Waals surface area (Å²) < 4.78 is 36.0. The molecule has 0 aliphatic carbocycles. The first-order valence-electron chi connectivity index (χ1n) is 6.88.